The molecule has 0 saturated carbocycles. The van der Waals surface area contributed by atoms with E-state index in [1.165, 1.54) is 0 Å². The number of hydrogen-bond donors (Lipinski definition) is 1. The molecule has 1 aromatic heterocycles. The zero-order valence-electron chi connectivity index (χ0n) is 13.2. The van der Waals surface area contributed by atoms with Crippen molar-refractivity contribution in [2.24, 2.45) is 0 Å². The van der Waals surface area contributed by atoms with Crippen LogP contribution < -0.4 is 14.8 Å². The van der Waals surface area contributed by atoms with Gasteiger partial charge in [-0.2, -0.15) is 0 Å². The molecule has 0 aliphatic carbocycles. The van der Waals surface area contributed by atoms with E-state index in [1.54, 1.807) is 25.3 Å². The summed E-state index contributed by atoms with van der Waals surface area (Å²) in [5, 5.41) is 2.77. The minimum absolute atomic E-state index is 0.225. The highest BCUT2D eigenvalue weighted by atomic mass is 16.5. The lowest BCUT2D eigenvalue weighted by molar-refractivity contribution is 0.0946. The molecular weight excluding hydrogens is 284 g/mol. The number of amides is 1. The van der Waals surface area contributed by atoms with Crippen molar-refractivity contribution in [3.05, 3.63) is 41.1 Å². The van der Waals surface area contributed by atoms with E-state index in [0.29, 0.717) is 29.6 Å². The Morgan fingerprint density at radius 1 is 1.32 bits per heavy atom. The Bertz CT molecular complexity index is 645. The van der Waals surface area contributed by atoms with Crippen molar-refractivity contribution in [3.8, 4) is 11.5 Å². The van der Waals surface area contributed by atoms with E-state index in [0.717, 1.165) is 11.5 Å². The predicted molar refractivity (Wildman–Crippen MR) is 81.3 cm³/mol. The maximum atomic E-state index is 12.2. The van der Waals surface area contributed by atoms with E-state index in [-0.39, 0.29) is 12.5 Å². The number of aromatic nitrogens is 1. The van der Waals surface area contributed by atoms with Gasteiger partial charge in [0, 0.05) is 5.56 Å². The second-order valence-corrected chi connectivity index (χ2v) is 4.73. The van der Waals surface area contributed by atoms with E-state index in [4.69, 9.17) is 13.9 Å². The largest absolute Gasteiger partial charge is 0.493 e. The average molecular weight is 304 g/mol. The van der Waals surface area contributed by atoms with Gasteiger partial charge in [-0.15, -0.1) is 0 Å². The summed E-state index contributed by atoms with van der Waals surface area (Å²) >= 11 is 0. The number of nitrogens with one attached hydrogen (secondary N) is 1. The third kappa shape index (κ3) is 3.58. The Morgan fingerprint density at radius 2 is 2.09 bits per heavy atom. The van der Waals surface area contributed by atoms with Crippen molar-refractivity contribution in [2.45, 2.75) is 27.3 Å². The van der Waals surface area contributed by atoms with Gasteiger partial charge in [0.05, 0.1) is 26.0 Å². The maximum absolute atomic E-state index is 12.2. The lowest BCUT2D eigenvalue weighted by Gasteiger charge is -2.10. The minimum atomic E-state index is -0.225. The number of hydrogen-bond acceptors (Lipinski definition) is 5. The van der Waals surface area contributed by atoms with E-state index in [9.17, 15) is 4.79 Å². The van der Waals surface area contributed by atoms with Crippen LogP contribution in [0, 0.1) is 13.8 Å². The second kappa shape index (κ2) is 6.98. The Morgan fingerprint density at radius 3 is 2.68 bits per heavy atom. The average Bonchev–Trinajstić information content (AvgIpc) is 2.83. The second-order valence-electron chi connectivity index (χ2n) is 4.73. The van der Waals surface area contributed by atoms with Crippen molar-refractivity contribution < 1.29 is 18.7 Å². The minimum Gasteiger partial charge on any atom is -0.493 e. The first-order valence-corrected chi connectivity index (χ1v) is 7.07. The number of nitrogens with zero attached hydrogens (tertiary/aromatic N) is 1. The zero-order chi connectivity index (χ0) is 16.1. The van der Waals surface area contributed by atoms with Crippen LogP contribution in [-0.2, 0) is 6.54 Å². The number of carbonyl (C=O) groups excluding carboxylic acids is 1. The van der Waals surface area contributed by atoms with Crippen molar-refractivity contribution in [2.75, 3.05) is 13.7 Å². The van der Waals surface area contributed by atoms with Gasteiger partial charge in [0.2, 0.25) is 5.89 Å². The molecule has 22 heavy (non-hydrogen) atoms. The number of oxazole rings is 1. The topological polar surface area (TPSA) is 73.6 Å². The fourth-order valence-electron chi connectivity index (χ4n) is 1.96. The Kier molecular flexibility index (Phi) is 5.04. The maximum Gasteiger partial charge on any atom is 0.251 e. The molecule has 0 fully saturated rings. The van der Waals surface area contributed by atoms with Gasteiger partial charge in [0.25, 0.3) is 5.91 Å². The van der Waals surface area contributed by atoms with Gasteiger partial charge in [-0.1, -0.05) is 0 Å². The lowest BCUT2D eigenvalue weighted by Crippen LogP contribution is -2.23. The third-order valence-electron chi connectivity index (χ3n) is 3.20. The highest BCUT2D eigenvalue weighted by Gasteiger charge is 2.12. The van der Waals surface area contributed by atoms with Gasteiger partial charge in [-0.3, -0.25) is 4.79 Å². The number of aryl methyl sites for hydroxylation is 2. The highest BCUT2D eigenvalue weighted by molar-refractivity contribution is 5.94. The molecule has 1 aromatic carbocycles. The molecule has 0 spiro atoms. The molecule has 6 heteroatoms. The summed E-state index contributed by atoms with van der Waals surface area (Å²) < 4.78 is 16.1. The van der Waals surface area contributed by atoms with E-state index in [2.05, 4.69) is 10.3 Å². The van der Waals surface area contributed by atoms with Crippen LogP contribution in [0.2, 0.25) is 0 Å². The molecule has 118 valence electrons. The zero-order valence-corrected chi connectivity index (χ0v) is 13.2. The van der Waals surface area contributed by atoms with Gasteiger partial charge >= 0.3 is 0 Å². The van der Waals surface area contributed by atoms with Crippen LogP contribution in [0.25, 0.3) is 0 Å². The van der Waals surface area contributed by atoms with Crippen molar-refractivity contribution in [3.63, 3.8) is 0 Å². The predicted octanol–water partition coefficient (Wildman–Crippen LogP) is 2.63. The number of ether oxygens (including phenoxy) is 2. The molecule has 6 nitrogen and oxygen atoms in total. The number of rotatable bonds is 6. The summed E-state index contributed by atoms with van der Waals surface area (Å²) in [5.74, 6) is 2.16. The molecule has 0 aliphatic rings. The van der Waals surface area contributed by atoms with Crippen LogP contribution in [-0.4, -0.2) is 24.6 Å². The number of methoxy groups -OCH3 is 1. The fourth-order valence-corrected chi connectivity index (χ4v) is 1.96. The van der Waals surface area contributed by atoms with Crippen LogP contribution in [0.15, 0.2) is 22.6 Å². The number of carbonyl (C=O) groups is 1. The van der Waals surface area contributed by atoms with E-state index >= 15 is 0 Å². The summed E-state index contributed by atoms with van der Waals surface area (Å²) in [6.07, 6.45) is 0. The molecule has 2 aromatic rings. The third-order valence-corrected chi connectivity index (χ3v) is 3.20. The normalized spacial score (nSPS) is 10.4. The molecule has 1 N–H and O–H groups in total. The first kappa shape index (κ1) is 15.9. The first-order valence-electron chi connectivity index (χ1n) is 7.07. The molecule has 0 bridgehead atoms. The molecule has 1 amide bonds. The van der Waals surface area contributed by atoms with Crippen LogP contribution in [0.5, 0.6) is 11.5 Å². The molecule has 0 atom stereocenters. The first-order chi connectivity index (χ1) is 10.5. The van der Waals surface area contributed by atoms with Gasteiger partial charge < -0.3 is 19.2 Å². The van der Waals surface area contributed by atoms with Crippen LogP contribution in [0.3, 0.4) is 0 Å². The monoisotopic (exact) mass is 304 g/mol. The summed E-state index contributed by atoms with van der Waals surface area (Å²) in [6.45, 7) is 6.31. The Hall–Kier alpha value is -2.50. The van der Waals surface area contributed by atoms with Crippen molar-refractivity contribution in [1.29, 1.82) is 0 Å². The highest BCUT2D eigenvalue weighted by Crippen LogP contribution is 2.28. The summed E-state index contributed by atoms with van der Waals surface area (Å²) in [6, 6.07) is 5.05. The summed E-state index contributed by atoms with van der Waals surface area (Å²) in [4.78, 5) is 16.4. The summed E-state index contributed by atoms with van der Waals surface area (Å²) in [5.41, 5.74) is 1.32. The van der Waals surface area contributed by atoms with Crippen LogP contribution in [0.4, 0.5) is 0 Å². The summed E-state index contributed by atoms with van der Waals surface area (Å²) in [7, 11) is 1.56. The number of benzene rings is 1. The smallest absolute Gasteiger partial charge is 0.251 e. The molecule has 0 aliphatic heterocycles. The molecule has 0 saturated heterocycles. The molecule has 0 unspecified atom stereocenters. The Labute approximate surface area is 129 Å². The Balaban J connectivity index is 2.07. The quantitative estimate of drug-likeness (QED) is 0.888. The molecule has 0 radical (unpaired) electrons. The van der Waals surface area contributed by atoms with Crippen molar-refractivity contribution >= 4 is 5.91 Å². The van der Waals surface area contributed by atoms with Crippen molar-refractivity contribution in [1.82, 2.24) is 10.3 Å². The standard InChI is InChI=1S/C16H20N2O4/c1-5-21-14-8-12(6-7-13(14)20-4)16(19)17-9-15-18-10(2)11(3)22-15/h6-8H,5,9H2,1-4H3,(H,17,19). The lowest BCUT2D eigenvalue weighted by atomic mass is 10.2. The fraction of sp³-hybridized carbons (Fsp3) is 0.375. The van der Waals surface area contributed by atoms with Gasteiger partial charge in [-0.05, 0) is 39.0 Å². The SMILES string of the molecule is CCOc1cc(C(=O)NCc2nc(C)c(C)o2)ccc1OC. The van der Waals surface area contributed by atoms with Gasteiger partial charge in [0.1, 0.15) is 5.76 Å². The molecule has 2 rings (SSSR count). The van der Waals surface area contributed by atoms with E-state index < -0.39 is 0 Å². The van der Waals surface area contributed by atoms with Crippen LogP contribution in [0.1, 0.15) is 34.6 Å². The van der Waals surface area contributed by atoms with E-state index in [1.807, 2.05) is 20.8 Å². The molecule has 1 heterocycles. The van der Waals surface area contributed by atoms with Gasteiger partial charge in [-0.25, -0.2) is 4.98 Å². The molecular formula is C16H20N2O4. The van der Waals surface area contributed by atoms with Gasteiger partial charge in [0.15, 0.2) is 11.5 Å². The van der Waals surface area contributed by atoms with Crippen LogP contribution >= 0.6 is 0 Å².